The molecule has 0 N–H and O–H groups in total. The summed E-state index contributed by atoms with van der Waals surface area (Å²) in [4.78, 5) is 57.0. The zero-order valence-corrected chi connectivity index (χ0v) is 16.6. The molecule has 0 aromatic heterocycles. The summed E-state index contributed by atoms with van der Waals surface area (Å²) in [6, 6.07) is 0. The van der Waals surface area contributed by atoms with Gasteiger partial charge < -0.3 is 59.4 Å². The molecular formula is C12H12Ho2O12. The Kier molecular flexibility index (Phi) is 34.0. The van der Waals surface area contributed by atoms with E-state index in [0.717, 1.165) is 0 Å². The van der Waals surface area contributed by atoms with Crippen LogP contribution in [-0.2, 0) is 28.8 Å². The number of aliphatic carboxylic acids is 6. The summed E-state index contributed by atoms with van der Waals surface area (Å²) >= 11 is 0. The van der Waals surface area contributed by atoms with Gasteiger partial charge in [0.2, 0.25) is 0 Å². The van der Waals surface area contributed by atoms with E-state index in [2.05, 4.69) is 0 Å². The molecule has 0 amide bonds. The van der Waals surface area contributed by atoms with Crippen molar-refractivity contribution >= 4 is 35.8 Å². The van der Waals surface area contributed by atoms with Gasteiger partial charge in [-0.2, -0.15) is 0 Å². The molecule has 0 aliphatic carbocycles. The molecule has 0 fully saturated rings. The van der Waals surface area contributed by atoms with Crippen molar-refractivity contribution in [1.82, 2.24) is 0 Å². The number of rotatable bonds is 9. The molecule has 0 aromatic rings. The third-order valence-corrected chi connectivity index (χ3v) is 1.60. The normalized spacial score (nSPS) is 7.85. The fourth-order valence-corrected chi connectivity index (χ4v) is 0.612. The first kappa shape index (κ1) is 36.3. The minimum absolute atomic E-state index is 0. The van der Waals surface area contributed by atoms with Crippen LogP contribution < -0.4 is 30.6 Å². The van der Waals surface area contributed by atoms with Crippen LogP contribution in [-0.4, -0.2) is 35.8 Å². The average molecular weight is 678 g/mol. The SMILES string of the molecule is O=C([O-])CCC(=O)[O-].O=C([O-])CCC(=O)[O-].O=C([O-])CCC(=O)[O-].[Ho+3].[Ho+3]. The molecule has 26 heavy (non-hydrogen) atoms. The Bertz CT molecular complexity index is 355. The molecule has 0 radical (unpaired) electrons. The molecule has 154 valence electrons. The number of hydrogen-bond acceptors (Lipinski definition) is 12. The van der Waals surface area contributed by atoms with Gasteiger partial charge >= 0.3 is 75.5 Å². The van der Waals surface area contributed by atoms with Crippen molar-refractivity contribution in [3.05, 3.63) is 0 Å². The van der Waals surface area contributed by atoms with Gasteiger partial charge in [0.1, 0.15) is 0 Å². The van der Waals surface area contributed by atoms with E-state index in [4.69, 9.17) is 0 Å². The van der Waals surface area contributed by atoms with E-state index in [9.17, 15) is 59.4 Å². The maximum Gasteiger partial charge on any atom is 3.00 e. The first-order chi connectivity index (χ1) is 10.9. The van der Waals surface area contributed by atoms with Crippen molar-refractivity contribution in [2.45, 2.75) is 38.5 Å². The quantitative estimate of drug-likeness (QED) is 0.207. The monoisotopic (exact) mass is 678 g/mol. The Morgan fingerprint density at radius 1 is 0.346 bits per heavy atom. The fourth-order valence-electron chi connectivity index (χ4n) is 0.612. The average Bonchev–Trinajstić information content (AvgIpc) is 2.42. The van der Waals surface area contributed by atoms with Crippen LogP contribution in [0.5, 0.6) is 0 Å². The third kappa shape index (κ3) is 56.6. The second-order valence-electron chi connectivity index (χ2n) is 3.73. The van der Waals surface area contributed by atoms with Gasteiger partial charge in [0.25, 0.3) is 0 Å². The number of carboxylic acids is 6. The first-order valence-corrected chi connectivity index (χ1v) is 6.07. The maximum absolute atomic E-state index is 9.50. The predicted molar refractivity (Wildman–Crippen MR) is 57.7 cm³/mol. The number of carboxylic acid groups (broad SMARTS) is 6. The van der Waals surface area contributed by atoms with Crippen LogP contribution in [0, 0.1) is 75.5 Å². The van der Waals surface area contributed by atoms with Gasteiger partial charge in [-0.3, -0.25) is 0 Å². The van der Waals surface area contributed by atoms with E-state index < -0.39 is 74.3 Å². The van der Waals surface area contributed by atoms with Crippen molar-refractivity contribution in [3.63, 3.8) is 0 Å². The molecular weight excluding hydrogens is 666 g/mol. The van der Waals surface area contributed by atoms with E-state index in [1.807, 2.05) is 0 Å². The fraction of sp³-hybridized carbons (Fsp3) is 0.500. The van der Waals surface area contributed by atoms with Crippen LogP contribution in [0.1, 0.15) is 38.5 Å². The van der Waals surface area contributed by atoms with Gasteiger partial charge in [-0.1, -0.05) is 0 Å². The number of carbonyl (C=O) groups excluding carboxylic acids is 6. The molecule has 0 saturated heterocycles. The Morgan fingerprint density at radius 3 is 0.462 bits per heavy atom. The molecule has 0 aliphatic heterocycles. The zero-order chi connectivity index (χ0) is 19.7. The molecule has 0 rings (SSSR count). The van der Waals surface area contributed by atoms with Crippen molar-refractivity contribution in [3.8, 4) is 0 Å². The summed E-state index contributed by atoms with van der Waals surface area (Å²) in [5.74, 6) is -8.20. The summed E-state index contributed by atoms with van der Waals surface area (Å²) in [5, 5.41) is 57.0. The van der Waals surface area contributed by atoms with E-state index >= 15 is 0 Å². The van der Waals surface area contributed by atoms with E-state index in [0.29, 0.717) is 0 Å². The zero-order valence-electron chi connectivity index (χ0n) is 12.7. The Balaban J connectivity index is -0.0000000817. The van der Waals surface area contributed by atoms with Gasteiger partial charge in [0.05, 0.1) is 0 Å². The van der Waals surface area contributed by atoms with Gasteiger partial charge in [-0.25, -0.2) is 0 Å². The van der Waals surface area contributed by atoms with E-state index in [-0.39, 0.29) is 75.5 Å². The topological polar surface area (TPSA) is 241 Å². The van der Waals surface area contributed by atoms with Crippen molar-refractivity contribution < 1.29 is 135 Å². The number of hydrogen-bond donors (Lipinski definition) is 0. The largest absolute Gasteiger partial charge is 3.00 e. The summed E-state index contributed by atoms with van der Waals surface area (Å²) in [6.07, 6.45) is -2.82. The number of carbonyl (C=O) groups is 6. The van der Waals surface area contributed by atoms with Crippen LogP contribution in [0.25, 0.3) is 0 Å². The van der Waals surface area contributed by atoms with E-state index in [1.165, 1.54) is 0 Å². The van der Waals surface area contributed by atoms with Crippen molar-refractivity contribution in [1.29, 1.82) is 0 Å². The third-order valence-electron chi connectivity index (χ3n) is 1.60. The molecule has 0 atom stereocenters. The predicted octanol–water partition coefficient (Wildman–Crippen LogP) is -8.20. The Labute approximate surface area is 207 Å². The minimum Gasteiger partial charge on any atom is -0.550 e. The van der Waals surface area contributed by atoms with Crippen molar-refractivity contribution in [2.75, 3.05) is 0 Å². The van der Waals surface area contributed by atoms with Gasteiger partial charge in [-0.15, -0.1) is 0 Å². The van der Waals surface area contributed by atoms with Gasteiger partial charge in [0.15, 0.2) is 0 Å². The minimum atomic E-state index is -1.37. The van der Waals surface area contributed by atoms with Crippen LogP contribution in [0.15, 0.2) is 0 Å². The summed E-state index contributed by atoms with van der Waals surface area (Å²) < 4.78 is 0. The smallest absolute Gasteiger partial charge is 0.550 e. The molecule has 0 unspecified atom stereocenters. The van der Waals surface area contributed by atoms with Crippen LogP contribution in [0.2, 0.25) is 0 Å². The maximum atomic E-state index is 9.50. The first-order valence-electron chi connectivity index (χ1n) is 6.07. The molecule has 0 aliphatic rings. The van der Waals surface area contributed by atoms with Crippen LogP contribution >= 0.6 is 0 Å². The van der Waals surface area contributed by atoms with Gasteiger partial charge in [0, 0.05) is 35.8 Å². The molecule has 0 aromatic carbocycles. The van der Waals surface area contributed by atoms with Crippen LogP contribution in [0.4, 0.5) is 0 Å². The second-order valence-corrected chi connectivity index (χ2v) is 3.73. The van der Waals surface area contributed by atoms with Crippen molar-refractivity contribution in [2.24, 2.45) is 0 Å². The molecule has 12 nitrogen and oxygen atoms in total. The molecule has 14 heteroatoms. The van der Waals surface area contributed by atoms with Crippen LogP contribution in [0.3, 0.4) is 0 Å². The summed E-state index contributed by atoms with van der Waals surface area (Å²) in [7, 11) is 0. The van der Waals surface area contributed by atoms with Gasteiger partial charge in [-0.05, 0) is 38.5 Å². The Hall–Kier alpha value is -0.661. The molecule has 0 spiro atoms. The standard InChI is InChI=1S/3C4H6O4.2Ho/c3*5-3(6)1-2-4(7)8;;/h3*1-2H2,(H,5,6)(H,7,8);;/q;;;2*+3/p-6. The summed E-state index contributed by atoms with van der Waals surface area (Å²) in [6.45, 7) is 0. The van der Waals surface area contributed by atoms with E-state index in [1.54, 1.807) is 0 Å². The Morgan fingerprint density at radius 2 is 0.423 bits per heavy atom. The molecule has 0 saturated carbocycles. The second kappa shape index (κ2) is 24.3. The molecule has 0 bridgehead atoms. The summed E-state index contributed by atoms with van der Waals surface area (Å²) in [5.41, 5.74) is 0. The molecule has 0 heterocycles.